The van der Waals surface area contributed by atoms with E-state index in [1.54, 1.807) is 0 Å². The number of carbonyl (C=O) groups excluding carboxylic acids is 3. The van der Waals surface area contributed by atoms with Crippen LogP contribution < -0.4 is 0 Å². The average Bonchev–Trinajstić information content (AvgIpc) is 3.45. The van der Waals surface area contributed by atoms with E-state index in [1.807, 2.05) is 0 Å². The number of hydrogen-bond donors (Lipinski definition) is 0. The summed E-state index contributed by atoms with van der Waals surface area (Å²) in [5, 5.41) is 0. The van der Waals surface area contributed by atoms with Crippen LogP contribution in [0.3, 0.4) is 0 Å². The Labute approximate surface area is 490 Å². The molecule has 0 spiro atoms. The molecule has 0 heterocycles. The van der Waals surface area contributed by atoms with Gasteiger partial charge in [0.25, 0.3) is 0 Å². The lowest BCUT2D eigenvalue weighted by Crippen LogP contribution is -2.30. The van der Waals surface area contributed by atoms with Gasteiger partial charge in [0.05, 0.1) is 0 Å². The number of rotatable bonds is 62. The molecule has 0 fully saturated rings. The van der Waals surface area contributed by atoms with Gasteiger partial charge in [-0.2, -0.15) is 0 Å². The highest BCUT2D eigenvalue weighted by Crippen LogP contribution is 2.17. The van der Waals surface area contributed by atoms with Crippen LogP contribution >= 0.6 is 0 Å². The number of hydrogen-bond acceptors (Lipinski definition) is 6. The molecular formula is C73H128O6. The number of esters is 3. The molecule has 0 bridgehead atoms. The zero-order valence-electron chi connectivity index (χ0n) is 52.4. The molecule has 0 aliphatic heterocycles. The Balaban J connectivity index is 4.35. The molecule has 0 N–H and O–H groups in total. The zero-order chi connectivity index (χ0) is 57.1. The van der Waals surface area contributed by atoms with E-state index in [0.717, 1.165) is 103 Å². The fourth-order valence-corrected chi connectivity index (χ4v) is 9.76. The van der Waals surface area contributed by atoms with Gasteiger partial charge in [-0.1, -0.05) is 292 Å². The average molecular weight is 1100 g/mol. The van der Waals surface area contributed by atoms with E-state index >= 15 is 0 Å². The van der Waals surface area contributed by atoms with Crippen molar-refractivity contribution in [3.05, 3.63) is 85.1 Å². The largest absolute Gasteiger partial charge is 0.462 e. The van der Waals surface area contributed by atoms with Gasteiger partial charge in [-0.3, -0.25) is 14.4 Å². The van der Waals surface area contributed by atoms with Crippen LogP contribution in [-0.4, -0.2) is 37.2 Å². The first kappa shape index (κ1) is 75.6. The predicted octanol–water partition coefficient (Wildman–Crippen LogP) is 23.4. The molecule has 0 saturated carbocycles. The second-order valence-electron chi connectivity index (χ2n) is 22.7. The molecule has 0 aromatic heterocycles. The van der Waals surface area contributed by atoms with Crippen molar-refractivity contribution in [3.8, 4) is 0 Å². The van der Waals surface area contributed by atoms with E-state index in [9.17, 15) is 14.4 Å². The van der Waals surface area contributed by atoms with Crippen LogP contribution in [0.2, 0.25) is 0 Å². The molecule has 0 amide bonds. The molecule has 0 radical (unpaired) electrons. The molecule has 1 unspecified atom stereocenters. The van der Waals surface area contributed by atoms with Crippen molar-refractivity contribution in [1.82, 2.24) is 0 Å². The number of allylic oxidation sites excluding steroid dienone is 14. The minimum absolute atomic E-state index is 0.0846. The maximum absolute atomic E-state index is 12.9. The van der Waals surface area contributed by atoms with Crippen molar-refractivity contribution in [2.24, 2.45) is 0 Å². The fourth-order valence-electron chi connectivity index (χ4n) is 9.76. The van der Waals surface area contributed by atoms with Crippen LogP contribution in [0, 0.1) is 0 Å². The van der Waals surface area contributed by atoms with Crippen molar-refractivity contribution >= 4 is 17.9 Å². The summed E-state index contributed by atoms with van der Waals surface area (Å²) >= 11 is 0. The van der Waals surface area contributed by atoms with E-state index in [4.69, 9.17) is 14.2 Å². The normalized spacial score (nSPS) is 12.6. The van der Waals surface area contributed by atoms with E-state index in [-0.39, 0.29) is 31.1 Å². The SMILES string of the molecule is CC/C=C\C/C=C\C/C=C\C/C=C\CCCCCCC(=O)OCC(COC(=O)CCCCCCCCCCCCCCC/C=C\CCCCCCCCCC)OC(=O)CCCCCCCCCCC/C=C\C/C=C\CCCCC. The molecule has 6 heteroatoms. The van der Waals surface area contributed by atoms with Crippen LogP contribution in [0.4, 0.5) is 0 Å². The van der Waals surface area contributed by atoms with E-state index in [1.165, 1.54) is 199 Å². The van der Waals surface area contributed by atoms with Crippen LogP contribution in [0.15, 0.2) is 85.1 Å². The fraction of sp³-hybridized carbons (Fsp3) is 0.767. The van der Waals surface area contributed by atoms with Crippen molar-refractivity contribution in [2.75, 3.05) is 13.2 Å². The summed E-state index contributed by atoms with van der Waals surface area (Å²) in [7, 11) is 0. The Morgan fingerprint density at radius 3 is 0.810 bits per heavy atom. The Kier molecular flexibility index (Phi) is 64.2. The minimum Gasteiger partial charge on any atom is -0.462 e. The van der Waals surface area contributed by atoms with Crippen molar-refractivity contribution in [2.45, 2.75) is 348 Å². The van der Waals surface area contributed by atoms with Crippen LogP contribution in [0.5, 0.6) is 0 Å². The van der Waals surface area contributed by atoms with Gasteiger partial charge in [0.2, 0.25) is 0 Å². The number of ether oxygens (including phenoxy) is 3. The molecule has 0 saturated heterocycles. The number of unbranched alkanes of at least 4 members (excludes halogenated alkanes) is 37. The Bertz CT molecular complexity index is 1500. The zero-order valence-corrected chi connectivity index (χ0v) is 52.4. The van der Waals surface area contributed by atoms with Gasteiger partial charge >= 0.3 is 17.9 Å². The van der Waals surface area contributed by atoms with Crippen LogP contribution in [0.25, 0.3) is 0 Å². The molecule has 6 nitrogen and oxygen atoms in total. The first-order valence-electron chi connectivity index (χ1n) is 34.1. The standard InChI is InChI=1S/C73H128O6/c1-4-7-10-13-16-19-22-25-28-31-33-34-35-36-37-38-40-42-45-48-51-54-57-60-63-66-72(75)78-69-70(68-77-71(74)65-62-59-56-53-50-47-44-41-30-27-24-21-18-15-12-9-6-3)79-73(76)67-64-61-58-55-52-49-46-43-39-32-29-26-23-20-17-14-11-8-5-2/h9,12,17-18,20-21,26-27,29-31,33,44,47,70H,4-8,10-11,13-16,19,22-25,28,32,34-43,45-46,48-69H2,1-3H3/b12-9-,20-17-,21-18-,29-26-,30-27-,33-31-,47-44-. The van der Waals surface area contributed by atoms with Gasteiger partial charge in [0.1, 0.15) is 13.2 Å². The topological polar surface area (TPSA) is 78.9 Å². The summed E-state index contributed by atoms with van der Waals surface area (Å²) < 4.78 is 17.0. The van der Waals surface area contributed by atoms with E-state index in [2.05, 4.69) is 106 Å². The second kappa shape index (κ2) is 67.1. The van der Waals surface area contributed by atoms with Crippen molar-refractivity contribution in [3.63, 3.8) is 0 Å². The summed E-state index contributed by atoms with van der Waals surface area (Å²) in [6, 6.07) is 0. The molecule has 1 atom stereocenters. The third-order valence-corrected chi connectivity index (χ3v) is 14.9. The molecule has 0 aliphatic carbocycles. The predicted molar refractivity (Wildman–Crippen MR) is 344 cm³/mol. The minimum atomic E-state index is -0.791. The molecular weight excluding hydrogens is 973 g/mol. The van der Waals surface area contributed by atoms with Gasteiger partial charge in [-0.15, -0.1) is 0 Å². The maximum atomic E-state index is 12.9. The summed E-state index contributed by atoms with van der Waals surface area (Å²) in [4.78, 5) is 38.4. The third kappa shape index (κ3) is 65.3. The summed E-state index contributed by atoms with van der Waals surface area (Å²) in [5.41, 5.74) is 0. The van der Waals surface area contributed by atoms with Crippen molar-refractivity contribution in [1.29, 1.82) is 0 Å². The molecule has 456 valence electrons. The lowest BCUT2D eigenvalue weighted by atomic mass is 10.0. The van der Waals surface area contributed by atoms with Gasteiger partial charge in [-0.05, 0) is 116 Å². The summed E-state index contributed by atoms with van der Waals surface area (Å²) in [6.45, 7) is 6.52. The highest BCUT2D eigenvalue weighted by Gasteiger charge is 2.19. The van der Waals surface area contributed by atoms with Crippen LogP contribution in [0.1, 0.15) is 342 Å². The monoisotopic (exact) mass is 1100 g/mol. The third-order valence-electron chi connectivity index (χ3n) is 14.9. The molecule has 0 rings (SSSR count). The molecule has 0 aromatic rings. The smallest absolute Gasteiger partial charge is 0.306 e. The first-order valence-corrected chi connectivity index (χ1v) is 34.1. The first-order chi connectivity index (χ1) is 39.0. The summed E-state index contributed by atoms with van der Waals surface area (Å²) in [5.74, 6) is -0.898. The van der Waals surface area contributed by atoms with Crippen LogP contribution in [-0.2, 0) is 28.6 Å². The van der Waals surface area contributed by atoms with Gasteiger partial charge in [-0.25, -0.2) is 0 Å². The van der Waals surface area contributed by atoms with Gasteiger partial charge < -0.3 is 14.2 Å². The highest BCUT2D eigenvalue weighted by atomic mass is 16.6. The lowest BCUT2D eigenvalue weighted by Gasteiger charge is -2.18. The molecule has 0 aromatic carbocycles. The Hall–Kier alpha value is -3.41. The van der Waals surface area contributed by atoms with Gasteiger partial charge in [0.15, 0.2) is 6.10 Å². The van der Waals surface area contributed by atoms with Crippen molar-refractivity contribution < 1.29 is 28.6 Å². The maximum Gasteiger partial charge on any atom is 0.306 e. The highest BCUT2D eigenvalue weighted by molar-refractivity contribution is 5.71. The quantitative estimate of drug-likeness (QED) is 0.0261. The Morgan fingerprint density at radius 2 is 0.494 bits per heavy atom. The Morgan fingerprint density at radius 1 is 0.266 bits per heavy atom. The second-order valence-corrected chi connectivity index (χ2v) is 22.7. The van der Waals surface area contributed by atoms with E-state index in [0.29, 0.717) is 19.3 Å². The van der Waals surface area contributed by atoms with Gasteiger partial charge in [0, 0.05) is 19.3 Å². The number of carbonyl (C=O) groups is 3. The molecule has 79 heavy (non-hydrogen) atoms. The summed E-state index contributed by atoms with van der Waals surface area (Å²) in [6.07, 6.45) is 88.8. The molecule has 0 aliphatic rings. The lowest BCUT2D eigenvalue weighted by molar-refractivity contribution is -0.167. The van der Waals surface area contributed by atoms with E-state index < -0.39 is 6.10 Å².